The zero-order chi connectivity index (χ0) is 12.8. The second-order valence-electron chi connectivity index (χ2n) is 4.75. The van der Waals surface area contributed by atoms with Gasteiger partial charge in [0.25, 0.3) is 0 Å². The Labute approximate surface area is 148 Å². The van der Waals surface area contributed by atoms with Crippen molar-refractivity contribution in [2.24, 2.45) is 0 Å². The first-order valence-electron chi connectivity index (χ1n) is 7.15. The molecule has 0 unspecified atom stereocenters. The summed E-state index contributed by atoms with van der Waals surface area (Å²) in [5.74, 6) is -0.513. The summed E-state index contributed by atoms with van der Waals surface area (Å²) in [6.45, 7) is 2.24. The van der Waals surface area contributed by atoms with E-state index < -0.39 is 5.97 Å². The molecule has 0 fully saturated rings. The zero-order valence-electron chi connectivity index (χ0n) is 14.0. The molecule has 19 heavy (non-hydrogen) atoms. The number of unbranched alkanes of at least 4 members (excludes halogenated alkanes) is 10. The molecule has 0 rings (SSSR count). The van der Waals surface area contributed by atoms with Crippen molar-refractivity contribution < 1.29 is 17.8 Å². The fourth-order valence-electron chi connectivity index (χ4n) is 1.98. The quantitative estimate of drug-likeness (QED) is 0.260. The molecule has 0 aromatic carbocycles. The van der Waals surface area contributed by atoms with Gasteiger partial charge in [0.05, 0.1) is 0 Å². The molecule has 0 amide bonds. The number of hydrogen-bond acceptors (Lipinski definition) is 3. The van der Waals surface area contributed by atoms with Crippen LogP contribution in [-0.2, 0) is 9.68 Å². The van der Waals surface area contributed by atoms with Crippen LogP contribution in [0.15, 0.2) is 0 Å². The van der Waals surface area contributed by atoms with Crippen LogP contribution >= 0.6 is 0 Å². The van der Waals surface area contributed by atoms with Crippen molar-refractivity contribution in [3.8, 4) is 0 Å². The Balaban J connectivity index is -0.000000213. The Bertz CT molecular complexity index is 190. The van der Waals surface area contributed by atoms with Gasteiger partial charge in [-0.25, -0.2) is 4.79 Å². The fourth-order valence-corrected chi connectivity index (χ4v) is 1.98. The Morgan fingerprint density at radius 3 is 1.63 bits per heavy atom. The Hall–Kier alpha value is 0.729. The van der Waals surface area contributed by atoms with Crippen LogP contribution < -0.4 is 0 Å². The van der Waals surface area contributed by atoms with Crippen molar-refractivity contribution in [3.63, 3.8) is 0 Å². The minimum Gasteiger partial charge on any atom is -1.00 e. The van der Waals surface area contributed by atoms with Crippen LogP contribution in [0, 0.1) is 0 Å². The van der Waals surface area contributed by atoms with E-state index in [0.29, 0.717) is 6.42 Å². The van der Waals surface area contributed by atoms with Crippen LogP contribution in [0.5, 0.6) is 0 Å². The topological polar surface area (TPSA) is 46.5 Å². The molecular weight excluding hydrogens is 267 g/mol. The first-order valence-corrected chi connectivity index (χ1v) is 7.15. The molecule has 0 aliphatic carbocycles. The maximum atomic E-state index is 10.6. The van der Waals surface area contributed by atoms with Crippen molar-refractivity contribution >= 4 is 46.4 Å². The van der Waals surface area contributed by atoms with Crippen molar-refractivity contribution in [2.45, 2.75) is 84.0 Å². The molecule has 0 atom stereocenters. The first kappa shape index (κ1) is 24.7. The second kappa shape index (κ2) is 21.0. The third-order valence-electron chi connectivity index (χ3n) is 3.09. The number of carbonyl (C=O) groups excluding carboxylic acids is 1. The molecule has 0 aliphatic heterocycles. The molecule has 0 radical (unpaired) electrons. The summed E-state index contributed by atoms with van der Waals surface area (Å²) in [5.41, 5.74) is 0. The van der Waals surface area contributed by atoms with Gasteiger partial charge in [0.2, 0.25) is 0 Å². The largest absolute Gasteiger partial charge is 2.00 e. The molecule has 0 aliphatic rings. The molecule has 0 aromatic heterocycles. The summed E-state index contributed by atoms with van der Waals surface area (Å²) in [4.78, 5) is 14.2. The maximum absolute atomic E-state index is 10.6. The van der Waals surface area contributed by atoms with Gasteiger partial charge < -0.3 is 7.74 Å². The molecule has 0 aromatic rings. The molecule has 0 saturated heterocycles. The number of hydrogen-bond donors (Lipinski definition) is 1. The summed E-state index contributed by atoms with van der Waals surface area (Å²) in [6.07, 6.45) is 14.2. The van der Waals surface area contributed by atoms with Crippen LogP contribution in [0.2, 0.25) is 0 Å². The third-order valence-corrected chi connectivity index (χ3v) is 3.09. The second-order valence-corrected chi connectivity index (χ2v) is 4.75. The van der Waals surface area contributed by atoms with Crippen molar-refractivity contribution in [1.82, 2.24) is 0 Å². The monoisotopic (exact) mass is 300 g/mol. The standard InChI is InChI=1S/C14H28O3.Al.Mg.5H/c1-2-3-4-5-6-7-8-9-10-11-12-13-14(15)17-16;;;;;;;/h16H,2-13H2,1H3;;;;;;;/q;;+2;;;;2*-1. The molecular formula is C14H33AlMgO3. The third kappa shape index (κ3) is 21.2. The van der Waals surface area contributed by atoms with Gasteiger partial charge in [0.1, 0.15) is 0 Å². The van der Waals surface area contributed by atoms with Crippen LogP contribution in [0.25, 0.3) is 0 Å². The van der Waals surface area contributed by atoms with Gasteiger partial charge in [-0.1, -0.05) is 71.1 Å². The molecule has 0 heterocycles. The first-order chi connectivity index (χ1) is 8.31. The van der Waals surface area contributed by atoms with E-state index >= 15 is 0 Å². The van der Waals surface area contributed by atoms with Gasteiger partial charge in [-0.3, -0.25) is 0 Å². The van der Waals surface area contributed by atoms with Gasteiger partial charge in [-0.15, -0.1) is 0 Å². The van der Waals surface area contributed by atoms with E-state index in [1.54, 1.807) is 0 Å². The summed E-state index contributed by atoms with van der Waals surface area (Å²) < 4.78 is 0. The summed E-state index contributed by atoms with van der Waals surface area (Å²) in [5, 5.41) is 8.05. The van der Waals surface area contributed by atoms with E-state index in [1.807, 2.05) is 0 Å². The molecule has 3 nitrogen and oxygen atoms in total. The molecule has 112 valence electrons. The fraction of sp³-hybridized carbons (Fsp3) is 0.929. The van der Waals surface area contributed by atoms with Crippen molar-refractivity contribution in [2.75, 3.05) is 0 Å². The normalized spacial score (nSPS) is 9.37. The Morgan fingerprint density at radius 1 is 0.895 bits per heavy atom. The maximum Gasteiger partial charge on any atom is 2.00 e. The van der Waals surface area contributed by atoms with E-state index in [9.17, 15) is 4.79 Å². The molecule has 5 heteroatoms. The van der Waals surface area contributed by atoms with Gasteiger partial charge >= 0.3 is 29.0 Å². The Morgan fingerprint density at radius 2 is 1.26 bits per heavy atom. The minimum absolute atomic E-state index is 0. The average molecular weight is 301 g/mol. The van der Waals surface area contributed by atoms with Crippen molar-refractivity contribution in [3.05, 3.63) is 0 Å². The molecule has 0 saturated carbocycles. The predicted molar refractivity (Wildman–Crippen MR) is 87.7 cm³/mol. The van der Waals surface area contributed by atoms with Gasteiger partial charge in [0.15, 0.2) is 17.4 Å². The van der Waals surface area contributed by atoms with Gasteiger partial charge in [0, 0.05) is 6.42 Å². The van der Waals surface area contributed by atoms with E-state index in [-0.39, 0.29) is 43.3 Å². The average Bonchev–Trinajstić information content (AvgIpc) is 2.35. The molecule has 0 bridgehead atoms. The Kier molecular flexibility index (Phi) is 27.4. The van der Waals surface area contributed by atoms with Crippen molar-refractivity contribution in [1.29, 1.82) is 0 Å². The van der Waals surface area contributed by atoms with Crippen LogP contribution in [0.3, 0.4) is 0 Å². The van der Waals surface area contributed by atoms with E-state index in [0.717, 1.165) is 12.8 Å². The molecule has 0 spiro atoms. The smallest absolute Gasteiger partial charge is 1.00 e. The zero-order valence-corrected chi connectivity index (χ0v) is 13.4. The van der Waals surface area contributed by atoms with Crippen LogP contribution in [0.4, 0.5) is 0 Å². The molecule has 1 N–H and O–H groups in total. The summed E-state index contributed by atoms with van der Waals surface area (Å²) in [6, 6.07) is 0. The number of rotatable bonds is 12. The van der Waals surface area contributed by atoms with E-state index in [1.165, 1.54) is 57.8 Å². The van der Waals surface area contributed by atoms with Gasteiger partial charge in [-0.05, 0) is 6.42 Å². The summed E-state index contributed by atoms with van der Waals surface area (Å²) in [7, 11) is 0. The van der Waals surface area contributed by atoms with E-state index in [4.69, 9.17) is 5.26 Å². The summed E-state index contributed by atoms with van der Waals surface area (Å²) >= 11 is 0. The minimum atomic E-state index is -0.513. The van der Waals surface area contributed by atoms with Crippen LogP contribution in [0.1, 0.15) is 86.8 Å². The van der Waals surface area contributed by atoms with E-state index in [2.05, 4.69) is 11.8 Å². The predicted octanol–water partition coefficient (Wildman–Crippen LogP) is 3.36. The SMILES string of the molecule is CCCCCCCCCCCCCC(=O)OO.[AlH3].[H-].[H-].[Mg+2]. The van der Waals surface area contributed by atoms with Gasteiger partial charge in [-0.2, -0.15) is 5.26 Å². The number of carbonyl (C=O) groups is 1. The van der Waals surface area contributed by atoms with Crippen LogP contribution in [-0.4, -0.2) is 51.6 Å².